The van der Waals surface area contributed by atoms with Crippen molar-refractivity contribution in [2.45, 2.75) is 44.6 Å². The van der Waals surface area contributed by atoms with E-state index in [1.807, 2.05) is 0 Å². The molecule has 3 nitrogen and oxygen atoms in total. The lowest BCUT2D eigenvalue weighted by molar-refractivity contribution is 0.112. The van der Waals surface area contributed by atoms with Crippen molar-refractivity contribution in [1.29, 1.82) is 0 Å². The molecule has 0 spiro atoms. The standard InChI is InChI=1S/C13H18N2O/c16-8-11-10-7-14-6-5-12(10)15-13(11)9-3-1-2-4-9/h8-9,14-15H,1-7H2. The number of aldehydes is 1. The predicted octanol–water partition coefficient (Wildman–Crippen LogP) is 2.13. The molecule has 2 N–H and O–H groups in total. The Labute approximate surface area is 95.6 Å². The number of rotatable bonds is 2. The highest BCUT2D eigenvalue weighted by Crippen LogP contribution is 2.37. The van der Waals surface area contributed by atoms with Crippen molar-refractivity contribution in [2.75, 3.05) is 6.54 Å². The Balaban J connectivity index is 2.03. The van der Waals surface area contributed by atoms with Gasteiger partial charge in [-0.25, -0.2) is 0 Å². The van der Waals surface area contributed by atoms with Gasteiger partial charge in [0.05, 0.1) is 0 Å². The first-order valence-electron chi connectivity index (χ1n) is 6.29. The Morgan fingerprint density at radius 3 is 2.81 bits per heavy atom. The summed E-state index contributed by atoms with van der Waals surface area (Å²) in [6.45, 7) is 1.88. The third kappa shape index (κ3) is 1.50. The van der Waals surface area contributed by atoms with Crippen molar-refractivity contribution in [2.24, 2.45) is 0 Å². The Kier molecular flexibility index (Phi) is 2.56. The van der Waals surface area contributed by atoms with E-state index in [9.17, 15) is 4.79 Å². The van der Waals surface area contributed by atoms with Crippen molar-refractivity contribution in [3.63, 3.8) is 0 Å². The molecule has 0 radical (unpaired) electrons. The van der Waals surface area contributed by atoms with Gasteiger partial charge in [0.25, 0.3) is 0 Å². The molecular formula is C13H18N2O. The summed E-state index contributed by atoms with van der Waals surface area (Å²) >= 11 is 0. The van der Waals surface area contributed by atoms with E-state index in [-0.39, 0.29) is 0 Å². The molecule has 1 aromatic rings. The molecule has 0 atom stereocenters. The van der Waals surface area contributed by atoms with E-state index < -0.39 is 0 Å². The zero-order valence-corrected chi connectivity index (χ0v) is 9.51. The van der Waals surface area contributed by atoms with Crippen LogP contribution in [0.3, 0.4) is 0 Å². The molecular weight excluding hydrogens is 200 g/mol. The second-order valence-electron chi connectivity index (χ2n) is 4.94. The molecule has 1 fully saturated rings. The smallest absolute Gasteiger partial charge is 0.152 e. The van der Waals surface area contributed by atoms with Crippen molar-refractivity contribution >= 4 is 6.29 Å². The molecule has 2 aliphatic rings. The van der Waals surface area contributed by atoms with Crippen LogP contribution in [0.2, 0.25) is 0 Å². The minimum atomic E-state index is 0.603. The number of H-pyrrole nitrogens is 1. The van der Waals surface area contributed by atoms with Crippen molar-refractivity contribution in [1.82, 2.24) is 10.3 Å². The molecule has 0 amide bonds. The van der Waals surface area contributed by atoms with Crippen LogP contribution in [0.15, 0.2) is 0 Å². The molecule has 0 aromatic carbocycles. The highest BCUT2D eigenvalue weighted by Gasteiger charge is 2.26. The lowest BCUT2D eigenvalue weighted by Crippen LogP contribution is -2.23. The molecule has 1 aromatic heterocycles. The fourth-order valence-corrected chi connectivity index (χ4v) is 3.14. The molecule has 0 bridgehead atoms. The Morgan fingerprint density at radius 1 is 1.25 bits per heavy atom. The van der Waals surface area contributed by atoms with Crippen LogP contribution in [-0.4, -0.2) is 17.8 Å². The van der Waals surface area contributed by atoms with Crippen LogP contribution >= 0.6 is 0 Å². The van der Waals surface area contributed by atoms with E-state index in [2.05, 4.69) is 10.3 Å². The summed E-state index contributed by atoms with van der Waals surface area (Å²) in [6, 6.07) is 0. The van der Waals surface area contributed by atoms with Crippen LogP contribution in [0.5, 0.6) is 0 Å². The molecule has 1 aliphatic heterocycles. The van der Waals surface area contributed by atoms with Gasteiger partial charge in [-0.2, -0.15) is 0 Å². The maximum absolute atomic E-state index is 11.3. The number of hydrogen-bond donors (Lipinski definition) is 2. The van der Waals surface area contributed by atoms with Gasteiger partial charge in [0.15, 0.2) is 6.29 Å². The first kappa shape index (κ1) is 10.1. The number of carbonyl (C=O) groups is 1. The minimum absolute atomic E-state index is 0.603. The molecule has 3 rings (SSSR count). The van der Waals surface area contributed by atoms with Crippen molar-refractivity contribution in [3.8, 4) is 0 Å². The fourth-order valence-electron chi connectivity index (χ4n) is 3.14. The summed E-state index contributed by atoms with van der Waals surface area (Å²) in [5, 5.41) is 3.34. The number of fused-ring (bicyclic) bond motifs is 1. The monoisotopic (exact) mass is 218 g/mol. The van der Waals surface area contributed by atoms with Crippen LogP contribution < -0.4 is 5.32 Å². The van der Waals surface area contributed by atoms with Crippen LogP contribution in [-0.2, 0) is 13.0 Å². The van der Waals surface area contributed by atoms with Crippen molar-refractivity contribution in [3.05, 3.63) is 22.5 Å². The number of nitrogens with one attached hydrogen (secondary N) is 2. The SMILES string of the molecule is O=Cc1c(C2CCCC2)[nH]c2c1CNCC2. The van der Waals surface area contributed by atoms with Gasteiger partial charge in [0.2, 0.25) is 0 Å². The van der Waals surface area contributed by atoms with Gasteiger partial charge >= 0.3 is 0 Å². The fraction of sp³-hybridized carbons (Fsp3) is 0.615. The number of hydrogen-bond acceptors (Lipinski definition) is 2. The normalized spacial score (nSPS) is 21.0. The van der Waals surface area contributed by atoms with Gasteiger partial charge in [-0.1, -0.05) is 12.8 Å². The highest BCUT2D eigenvalue weighted by atomic mass is 16.1. The topological polar surface area (TPSA) is 44.9 Å². The minimum Gasteiger partial charge on any atom is -0.361 e. The zero-order valence-electron chi connectivity index (χ0n) is 9.51. The van der Waals surface area contributed by atoms with Crippen LogP contribution in [0.25, 0.3) is 0 Å². The summed E-state index contributed by atoms with van der Waals surface area (Å²) in [5.41, 5.74) is 4.70. The molecule has 16 heavy (non-hydrogen) atoms. The Bertz CT molecular complexity index is 402. The lowest BCUT2D eigenvalue weighted by Gasteiger charge is -2.12. The number of aromatic amines is 1. The zero-order chi connectivity index (χ0) is 11.0. The van der Waals surface area contributed by atoms with E-state index in [4.69, 9.17) is 0 Å². The summed E-state index contributed by atoms with van der Waals surface area (Å²) < 4.78 is 0. The third-order valence-corrected chi connectivity index (χ3v) is 4.00. The molecule has 0 saturated heterocycles. The molecule has 2 heterocycles. The van der Waals surface area contributed by atoms with E-state index in [1.165, 1.54) is 42.6 Å². The van der Waals surface area contributed by atoms with Gasteiger partial charge < -0.3 is 10.3 Å². The van der Waals surface area contributed by atoms with Crippen LogP contribution in [0.1, 0.15) is 58.9 Å². The highest BCUT2D eigenvalue weighted by molar-refractivity contribution is 5.80. The van der Waals surface area contributed by atoms with E-state index in [0.717, 1.165) is 31.4 Å². The van der Waals surface area contributed by atoms with E-state index in [1.54, 1.807) is 0 Å². The quantitative estimate of drug-likeness (QED) is 0.747. The Hall–Kier alpha value is -1.09. The largest absolute Gasteiger partial charge is 0.361 e. The summed E-state index contributed by atoms with van der Waals surface area (Å²) in [6.07, 6.45) is 7.19. The number of aromatic nitrogens is 1. The average molecular weight is 218 g/mol. The number of carbonyl (C=O) groups excluding carboxylic acids is 1. The second-order valence-corrected chi connectivity index (χ2v) is 4.94. The summed E-state index contributed by atoms with van der Waals surface area (Å²) in [4.78, 5) is 14.8. The maximum Gasteiger partial charge on any atom is 0.152 e. The average Bonchev–Trinajstić information content (AvgIpc) is 2.95. The molecule has 1 saturated carbocycles. The van der Waals surface area contributed by atoms with Crippen LogP contribution in [0, 0.1) is 0 Å². The van der Waals surface area contributed by atoms with E-state index in [0.29, 0.717) is 5.92 Å². The third-order valence-electron chi connectivity index (χ3n) is 4.00. The van der Waals surface area contributed by atoms with Gasteiger partial charge in [0, 0.05) is 36.5 Å². The van der Waals surface area contributed by atoms with Crippen LogP contribution in [0.4, 0.5) is 0 Å². The van der Waals surface area contributed by atoms with Gasteiger partial charge in [-0.3, -0.25) is 4.79 Å². The molecule has 1 aliphatic carbocycles. The summed E-state index contributed by atoms with van der Waals surface area (Å²) in [7, 11) is 0. The molecule has 0 unspecified atom stereocenters. The summed E-state index contributed by atoms with van der Waals surface area (Å²) in [5.74, 6) is 0.603. The first-order chi connectivity index (χ1) is 7.90. The Morgan fingerprint density at radius 2 is 2.06 bits per heavy atom. The van der Waals surface area contributed by atoms with Crippen molar-refractivity contribution < 1.29 is 4.79 Å². The van der Waals surface area contributed by atoms with Gasteiger partial charge in [-0.05, 0) is 24.3 Å². The lowest BCUT2D eigenvalue weighted by atomic mass is 9.98. The maximum atomic E-state index is 11.3. The van der Waals surface area contributed by atoms with E-state index >= 15 is 0 Å². The predicted molar refractivity (Wildman–Crippen MR) is 62.8 cm³/mol. The molecule has 3 heteroatoms. The van der Waals surface area contributed by atoms with Gasteiger partial charge in [0.1, 0.15) is 0 Å². The molecule has 86 valence electrons. The first-order valence-corrected chi connectivity index (χ1v) is 6.29. The van der Waals surface area contributed by atoms with Gasteiger partial charge in [-0.15, -0.1) is 0 Å². The second kappa shape index (κ2) is 4.06.